The van der Waals surface area contributed by atoms with E-state index in [1.165, 1.54) is 7.11 Å². The highest BCUT2D eigenvalue weighted by Gasteiger charge is 2.13. The summed E-state index contributed by atoms with van der Waals surface area (Å²) in [6.07, 6.45) is 0.372. The lowest BCUT2D eigenvalue weighted by molar-refractivity contribution is -0.141. The zero-order valence-electron chi connectivity index (χ0n) is 11.4. The van der Waals surface area contributed by atoms with Crippen LogP contribution in [-0.2, 0) is 9.53 Å². The Morgan fingerprint density at radius 2 is 1.83 bits per heavy atom. The first-order chi connectivity index (χ1) is 8.56. The lowest BCUT2D eigenvalue weighted by Gasteiger charge is -2.19. The molecule has 1 rings (SSSR count). The minimum Gasteiger partial charge on any atom is -0.497 e. The molecule has 2 atom stereocenters. The molecule has 1 aromatic carbocycles. The molecular formula is C14H21NO3. The third-order valence-corrected chi connectivity index (χ3v) is 2.85. The van der Waals surface area contributed by atoms with Crippen molar-refractivity contribution in [3.8, 4) is 5.75 Å². The van der Waals surface area contributed by atoms with Crippen LogP contribution in [0.4, 0.5) is 0 Å². The molecule has 0 bridgehead atoms. The smallest absolute Gasteiger partial charge is 0.307 e. The van der Waals surface area contributed by atoms with Gasteiger partial charge >= 0.3 is 5.97 Å². The van der Waals surface area contributed by atoms with Crippen LogP contribution in [0.5, 0.6) is 5.75 Å². The van der Waals surface area contributed by atoms with Crippen molar-refractivity contribution in [2.45, 2.75) is 32.4 Å². The predicted molar refractivity (Wildman–Crippen MR) is 70.6 cm³/mol. The van der Waals surface area contributed by atoms with Crippen LogP contribution in [0.15, 0.2) is 24.3 Å². The number of hydrogen-bond acceptors (Lipinski definition) is 4. The number of hydrogen-bond donors (Lipinski definition) is 1. The lowest BCUT2D eigenvalue weighted by atomic mass is 10.1. The van der Waals surface area contributed by atoms with Gasteiger partial charge in [0.05, 0.1) is 20.6 Å². The number of methoxy groups -OCH3 is 2. The second kappa shape index (κ2) is 7.01. The number of esters is 1. The topological polar surface area (TPSA) is 47.6 Å². The molecule has 18 heavy (non-hydrogen) atoms. The molecule has 4 nitrogen and oxygen atoms in total. The number of ether oxygens (including phenoxy) is 2. The lowest BCUT2D eigenvalue weighted by Crippen LogP contribution is -2.31. The van der Waals surface area contributed by atoms with E-state index in [1.54, 1.807) is 7.11 Å². The van der Waals surface area contributed by atoms with E-state index in [9.17, 15) is 4.79 Å². The minimum absolute atomic E-state index is 0.0783. The van der Waals surface area contributed by atoms with E-state index in [0.717, 1.165) is 11.3 Å². The molecule has 0 aliphatic carbocycles. The van der Waals surface area contributed by atoms with Crippen LogP contribution in [0.1, 0.15) is 31.9 Å². The summed E-state index contributed by atoms with van der Waals surface area (Å²) in [7, 11) is 3.05. The highest BCUT2D eigenvalue weighted by Crippen LogP contribution is 2.18. The zero-order valence-corrected chi connectivity index (χ0v) is 11.4. The van der Waals surface area contributed by atoms with E-state index in [-0.39, 0.29) is 18.1 Å². The van der Waals surface area contributed by atoms with Gasteiger partial charge in [-0.25, -0.2) is 0 Å². The van der Waals surface area contributed by atoms with Crippen LogP contribution in [-0.4, -0.2) is 26.2 Å². The molecular weight excluding hydrogens is 230 g/mol. The number of benzene rings is 1. The van der Waals surface area contributed by atoms with Gasteiger partial charge in [0, 0.05) is 12.1 Å². The Labute approximate surface area is 108 Å². The molecule has 0 aliphatic rings. The Morgan fingerprint density at radius 3 is 2.33 bits per heavy atom. The van der Waals surface area contributed by atoms with Crippen molar-refractivity contribution in [1.82, 2.24) is 5.32 Å². The molecule has 0 saturated carbocycles. The first-order valence-corrected chi connectivity index (χ1v) is 6.03. The molecule has 1 aromatic rings. The number of nitrogens with one attached hydrogen (secondary N) is 1. The maximum Gasteiger partial charge on any atom is 0.307 e. The molecule has 1 unspecified atom stereocenters. The second-order valence-electron chi connectivity index (χ2n) is 4.34. The molecule has 100 valence electrons. The molecule has 0 amide bonds. The Kier molecular flexibility index (Phi) is 5.65. The molecule has 0 heterocycles. The molecule has 0 aromatic heterocycles. The standard InChI is InChI=1S/C14H21NO3/c1-10(9-14(16)18-4)15-11(2)12-5-7-13(17-3)8-6-12/h5-8,10-11,15H,9H2,1-4H3/t10?,11-/m1/s1. The van der Waals surface area contributed by atoms with Crippen LogP contribution in [0.3, 0.4) is 0 Å². The first-order valence-electron chi connectivity index (χ1n) is 6.03. The Morgan fingerprint density at radius 1 is 1.22 bits per heavy atom. The zero-order chi connectivity index (χ0) is 13.5. The van der Waals surface area contributed by atoms with Gasteiger partial charge in [0.25, 0.3) is 0 Å². The van der Waals surface area contributed by atoms with E-state index in [4.69, 9.17) is 4.74 Å². The van der Waals surface area contributed by atoms with Gasteiger partial charge < -0.3 is 14.8 Å². The summed E-state index contributed by atoms with van der Waals surface area (Å²) >= 11 is 0. The molecule has 1 N–H and O–H groups in total. The van der Waals surface area contributed by atoms with Gasteiger partial charge in [-0.1, -0.05) is 12.1 Å². The molecule has 0 saturated heterocycles. The third kappa shape index (κ3) is 4.37. The molecule has 0 spiro atoms. The Balaban J connectivity index is 2.53. The van der Waals surface area contributed by atoms with Crippen LogP contribution in [0.25, 0.3) is 0 Å². The number of carbonyl (C=O) groups excluding carboxylic acids is 1. The van der Waals surface area contributed by atoms with Crippen molar-refractivity contribution in [3.05, 3.63) is 29.8 Å². The third-order valence-electron chi connectivity index (χ3n) is 2.85. The molecule has 0 aliphatic heterocycles. The molecule has 0 radical (unpaired) electrons. The number of rotatable bonds is 6. The van der Waals surface area contributed by atoms with Gasteiger partial charge in [0.15, 0.2) is 0 Å². The molecule has 4 heteroatoms. The summed E-state index contributed by atoms with van der Waals surface area (Å²) < 4.78 is 9.76. The summed E-state index contributed by atoms with van der Waals surface area (Å²) in [6, 6.07) is 8.14. The summed E-state index contributed by atoms with van der Waals surface area (Å²) in [4.78, 5) is 11.1. The second-order valence-corrected chi connectivity index (χ2v) is 4.34. The van der Waals surface area contributed by atoms with Crippen LogP contribution in [0, 0.1) is 0 Å². The maximum absolute atomic E-state index is 11.1. The van der Waals surface area contributed by atoms with Crippen molar-refractivity contribution < 1.29 is 14.3 Å². The van der Waals surface area contributed by atoms with E-state index in [0.29, 0.717) is 6.42 Å². The van der Waals surface area contributed by atoms with Crippen molar-refractivity contribution >= 4 is 5.97 Å². The van der Waals surface area contributed by atoms with Gasteiger partial charge in [0.1, 0.15) is 5.75 Å². The minimum atomic E-state index is -0.197. The number of carbonyl (C=O) groups is 1. The quantitative estimate of drug-likeness (QED) is 0.788. The Hall–Kier alpha value is -1.55. The Bertz CT molecular complexity index is 375. The average Bonchev–Trinajstić information content (AvgIpc) is 2.38. The van der Waals surface area contributed by atoms with Crippen molar-refractivity contribution in [2.75, 3.05) is 14.2 Å². The normalized spacial score (nSPS) is 13.8. The SMILES string of the molecule is COC(=O)CC(C)N[C@H](C)c1ccc(OC)cc1. The van der Waals surface area contributed by atoms with Gasteiger partial charge in [-0.3, -0.25) is 4.79 Å². The average molecular weight is 251 g/mol. The maximum atomic E-state index is 11.1. The fourth-order valence-electron chi connectivity index (χ4n) is 1.81. The van der Waals surface area contributed by atoms with Gasteiger partial charge in [-0.2, -0.15) is 0 Å². The fourth-order valence-corrected chi connectivity index (χ4v) is 1.81. The summed E-state index contributed by atoms with van der Waals surface area (Å²) in [5.74, 6) is 0.644. The largest absolute Gasteiger partial charge is 0.497 e. The van der Waals surface area contributed by atoms with Crippen LogP contribution >= 0.6 is 0 Å². The van der Waals surface area contributed by atoms with Crippen molar-refractivity contribution in [1.29, 1.82) is 0 Å². The summed E-state index contributed by atoms with van der Waals surface area (Å²) in [6.45, 7) is 4.03. The highest BCUT2D eigenvalue weighted by molar-refractivity contribution is 5.69. The van der Waals surface area contributed by atoms with Crippen molar-refractivity contribution in [2.24, 2.45) is 0 Å². The molecule has 0 fully saturated rings. The monoisotopic (exact) mass is 251 g/mol. The van der Waals surface area contributed by atoms with E-state index in [2.05, 4.69) is 17.0 Å². The van der Waals surface area contributed by atoms with Crippen LogP contribution < -0.4 is 10.1 Å². The van der Waals surface area contributed by atoms with Gasteiger partial charge in [0.2, 0.25) is 0 Å². The highest BCUT2D eigenvalue weighted by atomic mass is 16.5. The van der Waals surface area contributed by atoms with E-state index in [1.807, 2.05) is 31.2 Å². The predicted octanol–water partition coefficient (Wildman–Crippen LogP) is 2.30. The van der Waals surface area contributed by atoms with Crippen molar-refractivity contribution in [3.63, 3.8) is 0 Å². The van der Waals surface area contributed by atoms with Gasteiger partial charge in [-0.05, 0) is 31.5 Å². The van der Waals surface area contributed by atoms with Gasteiger partial charge in [-0.15, -0.1) is 0 Å². The van der Waals surface area contributed by atoms with Crippen LogP contribution in [0.2, 0.25) is 0 Å². The summed E-state index contributed by atoms with van der Waals surface area (Å²) in [5, 5.41) is 3.36. The first kappa shape index (κ1) is 14.5. The van der Waals surface area contributed by atoms with E-state index >= 15 is 0 Å². The summed E-state index contributed by atoms with van der Waals surface area (Å²) in [5.41, 5.74) is 1.16. The fraction of sp³-hybridized carbons (Fsp3) is 0.500. The van der Waals surface area contributed by atoms with E-state index < -0.39 is 0 Å².